The van der Waals surface area contributed by atoms with E-state index in [-0.39, 0.29) is 16.9 Å². The van der Waals surface area contributed by atoms with Gasteiger partial charge in [0, 0.05) is 32.6 Å². The number of ketones is 1. The van der Waals surface area contributed by atoms with Crippen LogP contribution in [-0.2, 0) is 0 Å². The van der Waals surface area contributed by atoms with Crippen molar-refractivity contribution in [3.05, 3.63) is 58.7 Å². The average Bonchev–Trinajstić information content (AvgIpc) is 2.84. The molecular formula is C15H13N3O2S. The molecule has 0 amide bonds. The number of hydrogen-bond acceptors (Lipinski definition) is 5. The van der Waals surface area contributed by atoms with Gasteiger partial charge in [0.25, 0.3) is 5.56 Å². The number of aromatic nitrogens is 2. The van der Waals surface area contributed by atoms with Crippen LogP contribution < -0.4 is 5.56 Å². The third-order valence-corrected chi connectivity index (χ3v) is 4.06. The van der Waals surface area contributed by atoms with E-state index in [1.165, 1.54) is 28.0 Å². The number of carbonyl (C=O) groups excluding carboxylic acids is 1. The lowest BCUT2D eigenvalue weighted by atomic mass is 10.2. The maximum absolute atomic E-state index is 12.6. The highest BCUT2D eigenvalue weighted by atomic mass is 32.1. The topological polar surface area (TPSA) is 54.7 Å². The average molecular weight is 299 g/mol. The molecule has 0 radical (unpaired) electrons. The Morgan fingerprint density at radius 2 is 2.10 bits per heavy atom. The normalized spacial score (nSPS) is 11.5. The molecule has 21 heavy (non-hydrogen) atoms. The molecule has 0 aliphatic heterocycles. The Labute approximate surface area is 124 Å². The Bertz CT molecular complexity index is 921. The second kappa shape index (κ2) is 5.14. The number of fused-ring (bicyclic) bond motifs is 3. The van der Waals surface area contributed by atoms with E-state index in [1.54, 1.807) is 11.1 Å². The first kappa shape index (κ1) is 13.5. The fourth-order valence-electron chi connectivity index (χ4n) is 2.03. The summed E-state index contributed by atoms with van der Waals surface area (Å²) in [6, 6.07) is 7.56. The summed E-state index contributed by atoms with van der Waals surface area (Å²) in [5.74, 6) is -0.342. The molecule has 1 aromatic carbocycles. The van der Waals surface area contributed by atoms with Crippen molar-refractivity contribution in [1.29, 1.82) is 0 Å². The second-order valence-electron chi connectivity index (χ2n) is 4.81. The number of carbonyl (C=O) groups is 1. The number of rotatable bonds is 3. The maximum Gasteiger partial charge on any atom is 0.270 e. The first-order valence-corrected chi connectivity index (χ1v) is 7.18. The standard InChI is InChI=1S/C15H13N3O2S/c1-17(2)8-7-12(19)10-9-16-15-18(14(10)20)11-5-3-4-6-13(11)21-15/h3-9H,1-2H3. The van der Waals surface area contributed by atoms with E-state index in [0.29, 0.717) is 4.96 Å². The zero-order valence-electron chi connectivity index (χ0n) is 11.6. The maximum atomic E-state index is 12.6. The molecule has 0 aliphatic rings. The minimum absolute atomic E-state index is 0.0779. The predicted molar refractivity (Wildman–Crippen MR) is 84.0 cm³/mol. The van der Waals surface area contributed by atoms with Gasteiger partial charge in [-0.25, -0.2) is 4.98 Å². The highest BCUT2D eigenvalue weighted by Crippen LogP contribution is 2.23. The first-order chi connectivity index (χ1) is 10.1. The monoisotopic (exact) mass is 299 g/mol. The van der Waals surface area contributed by atoms with E-state index in [9.17, 15) is 9.59 Å². The van der Waals surface area contributed by atoms with Gasteiger partial charge in [-0.05, 0) is 12.1 Å². The molecule has 0 saturated carbocycles. The van der Waals surface area contributed by atoms with Crippen LogP contribution in [0.25, 0.3) is 15.2 Å². The highest BCUT2D eigenvalue weighted by Gasteiger charge is 2.14. The molecule has 0 N–H and O–H groups in total. The van der Waals surface area contributed by atoms with Crippen molar-refractivity contribution < 1.29 is 4.79 Å². The van der Waals surface area contributed by atoms with Crippen molar-refractivity contribution in [2.45, 2.75) is 0 Å². The Hall–Kier alpha value is -2.47. The van der Waals surface area contributed by atoms with Gasteiger partial charge in [-0.1, -0.05) is 23.5 Å². The number of nitrogens with zero attached hydrogens (tertiary/aromatic N) is 3. The number of benzene rings is 1. The van der Waals surface area contributed by atoms with Crippen LogP contribution in [0.1, 0.15) is 10.4 Å². The van der Waals surface area contributed by atoms with Crippen molar-refractivity contribution in [1.82, 2.24) is 14.3 Å². The van der Waals surface area contributed by atoms with Crippen molar-refractivity contribution in [2.24, 2.45) is 0 Å². The van der Waals surface area contributed by atoms with E-state index >= 15 is 0 Å². The van der Waals surface area contributed by atoms with Crippen LogP contribution >= 0.6 is 11.3 Å². The lowest BCUT2D eigenvalue weighted by molar-refractivity contribution is 0.104. The molecule has 0 unspecified atom stereocenters. The lowest BCUT2D eigenvalue weighted by Gasteiger charge is -2.02. The Morgan fingerprint density at radius 3 is 2.86 bits per heavy atom. The van der Waals surface area contributed by atoms with Gasteiger partial charge in [0.05, 0.1) is 10.2 Å². The SMILES string of the molecule is CN(C)C=CC(=O)c1cnc2sc3ccccc3n2c1=O. The summed E-state index contributed by atoms with van der Waals surface area (Å²) in [7, 11) is 3.62. The fraction of sp³-hybridized carbons (Fsp3) is 0.133. The van der Waals surface area contributed by atoms with Crippen molar-refractivity contribution >= 4 is 32.3 Å². The Kier molecular flexibility index (Phi) is 3.31. The third kappa shape index (κ3) is 2.34. The van der Waals surface area contributed by atoms with Gasteiger partial charge in [-0.15, -0.1) is 0 Å². The molecule has 0 saturated heterocycles. The van der Waals surface area contributed by atoms with Gasteiger partial charge >= 0.3 is 0 Å². The lowest BCUT2D eigenvalue weighted by Crippen LogP contribution is -2.21. The van der Waals surface area contributed by atoms with Gasteiger partial charge in [-0.2, -0.15) is 0 Å². The van der Waals surface area contributed by atoms with Crippen LogP contribution in [0, 0.1) is 0 Å². The zero-order valence-corrected chi connectivity index (χ0v) is 12.4. The molecule has 2 aromatic heterocycles. The molecular weight excluding hydrogens is 286 g/mol. The molecule has 106 valence electrons. The molecule has 3 rings (SSSR count). The fourth-order valence-corrected chi connectivity index (χ4v) is 3.01. The molecule has 5 nitrogen and oxygen atoms in total. The summed E-state index contributed by atoms with van der Waals surface area (Å²) in [5.41, 5.74) is 0.529. The molecule has 6 heteroatoms. The van der Waals surface area contributed by atoms with Gasteiger partial charge in [0.15, 0.2) is 10.7 Å². The first-order valence-electron chi connectivity index (χ1n) is 6.36. The summed E-state index contributed by atoms with van der Waals surface area (Å²) in [5, 5.41) is 0. The van der Waals surface area contributed by atoms with Gasteiger partial charge < -0.3 is 4.90 Å². The Balaban J connectivity index is 2.22. The van der Waals surface area contributed by atoms with E-state index in [4.69, 9.17) is 0 Å². The molecule has 0 bridgehead atoms. The van der Waals surface area contributed by atoms with E-state index < -0.39 is 0 Å². The number of para-hydroxylation sites is 1. The summed E-state index contributed by atoms with van der Waals surface area (Å²) >= 11 is 1.43. The highest BCUT2D eigenvalue weighted by molar-refractivity contribution is 7.23. The van der Waals surface area contributed by atoms with Crippen LogP contribution in [0.15, 0.2) is 47.5 Å². The number of hydrogen-bond donors (Lipinski definition) is 0. The van der Waals surface area contributed by atoms with Crippen LogP contribution in [0.3, 0.4) is 0 Å². The summed E-state index contributed by atoms with van der Waals surface area (Å²) in [6.07, 6.45) is 4.34. The molecule has 0 atom stereocenters. The summed E-state index contributed by atoms with van der Waals surface area (Å²) in [6.45, 7) is 0. The minimum Gasteiger partial charge on any atom is -0.383 e. The number of allylic oxidation sites excluding steroid dienone is 1. The predicted octanol–water partition coefficient (Wildman–Crippen LogP) is 2.17. The van der Waals surface area contributed by atoms with Gasteiger partial charge in [0.1, 0.15) is 5.56 Å². The third-order valence-electron chi connectivity index (χ3n) is 3.03. The summed E-state index contributed by atoms with van der Waals surface area (Å²) < 4.78 is 2.46. The molecule has 0 spiro atoms. The van der Waals surface area contributed by atoms with Gasteiger partial charge in [0.2, 0.25) is 0 Å². The largest absolute Gasteiger partial charge is 0.383 e. The van der Waals surface area contributed by atoms with E-state index in [0.717, 1.165) is 10.2 Å². The zero-order chi connectivity index (χ0) is 15.0. The van der Waals surface area contributed by atoms with E-state index in [1.807, 2.05) is 38.4 Å². The minimum atomic E-state index is -0.342. The molecule has 3 aromatic rings. The number of thiazole rings is 1. The second-order valence-corrected chi connectivity index (χ2v) is 5.82. The molecule has 2 heterocycles. The van der Waals surface area contributed by atoms with Crippen LogP contribution in [0.2, 0.25) is 0 Å². The van der Waals surface area contributed by atoms with Crippen molar-refractivity contribution in [2.75, 3.05) is 14.1 Å². The van der Waals surface area contributed by atoms with Crippen LogP contribution in [-0.4, -0.2) is 34.2 Å². The molecule has 0 aliphatic carbocycles. The van der Waals surface area contributed by atoms with Crippen LogP contribution in [0.4, 0.5) is 0 Å². The van der Waals surface area contributed by atoms with Gasteiger partial charge in [-0.3, -0.25) is 14.0 Å². The smallest absolute Gasteiger partial charge is 0.270 e. The van der Waals surface area contributed by atoms with E-state index in [2.05, 4.69) is 4.98 Å². The quantitative estimate of drug-likeness (QED) is 0.549. The van der Waals surface area contributed by atoms with Crippen molar-refractivity contribution in [3.63, 3.8) is 0 Å². The van der Waals surface area contributed by atoms with Crippen LogP contribution in [0.5, 0.6) is 0 Å². The summed E-state index contributed by atoms with van der Waals surface area (Å²) in [4.78, 5) is 31.2. The molecule has 0 fully saturated rings. The van der Waals surface area contributed by atoms with Crippen molar-refractivity contribution in [3.8, 4) is 0 Å². The Morgan fingerprint density at radius 1 is 1.33 bits per heavy atom.